The van der Waals surface area contributed by atoms with E-state index in [2.05, 4.69) is 0 Å². The summed E-state index contributed by atoms with van der Waals surface area (Å²) in [6.07, 6.45) is 1.70. The van der Waals surface area contributed by atoms with Gasteiger partial charge in [-0.25, -0.2) is 0 Å². The fraction of sp³-hybridized carbons (Fsp3) is 0.833. The number of carboxylic acids is 1. The van der Waals surface area contributed by atoms with Crippen molar-refractivity contribution in [3.8, 4) is 0 Å². The number of carbonyl (C=O) groups is 1. The van der Waals surface area contributed by atoms with Gasteiger partial charge in [0.15, 0.2) is 0 Å². The number of halogens is 1. The smallest absolute Gasteiger partial charge is 0.303 e. The first-order valence-corrected chi connectivity index (χ1v) is 3.42. The van der Waals surface area contributed by atoms with Crippen LogP contribution in [-0.4, -0.2) is 16.5 Å². The second-order valence-corrected chi connectivity index (χ2v) is 2.81. The average Bonchev–Trinajstić information content (AvgIpc) is 1.63. The first-order chi connectivity index (χ1) is 4.13. The minimum Gasteiger partial charge on any atom is -0.481 e. The lowest BCUT2D eigenvalue weighted by atomic mass is 10.2. The highest BCUT2D eigenvalue weighted by atomic mass is 35.5. The number of alkyl halides is 1. The van der Waals surface area contributed by atoms with Gasteiger partial charge in [-0.3, -0.25) is 4.79 Å². The van der Waals surface area contributed by atoms with Crippen molar-refractivity contribution in [2.75, 3.05) is 0 Å². The van der Waals surface area contributed by atoms with Gasteiger partial charge >= 0.3 is 5.97 Å². The van der Waals surface area contributed by atoms with Crippen LogP contribution in [0, 0.1) is 0 Å². The van der Waals surface area contributed by atoms with Gasteiger partial charge in [-0.2, -0.15) is 0 Å². The van der Waals surface area contributed by atoms with Gasteiger partial charge in [0.05, 0.1) is 0 Å². The van der Waals surface area contributed by atoms with Crippen LogP contribution in [0.1, 0.15) is 26.2 Å². The van der Waals surface area contributed by atoms with Crippen LogP contribution in [0.4, 0.5) is 0 Å². The Morgan fingerprint density at radius 2 is 2.33 bits per heavy atom. The Balaban J connectivity index is 3.01. The van der Waals surface area contributed by atoms with E-state index in [-0.39, 0.29) is 11.8 Å². The molecule has 0 fully saturated rings. The van der Waals surface area contributed by atoms with Crippen LogP contribution in [0.2, 0.25) is 0 Å². The maximum Gasteiger partial charge on any atom is 0.303 e. The number of hydrogen-bond acceptors (Lipinski definition) is 1. The molecule has 0 saturated carbocycles. The highest BCUT2D eigenvalue weighted by Crippen LogP contribution is 2.05. The van der Waals surface area contributed by atoms with E-state index in [9.17, 15) is 4.79 Å². The van der Waals surface area contributed by atoms with E-state index in [4.69, 9.17) is 16.7 Å². The van der Waals surface area contributed by atoms with Crippen molar-refractivity contribution in [3.63, 3.8) is 0 Å². The van der Waals surface area contributed by atoms with E-state index >= 15 is 0 Å². The molecule has 0 aromatic heterocycles. The van der Waals surface area contributed by atoms with Crippen LogP contribution in [0.15, 0.2) is 0 Å². The second-order valence-electron chi connectivity index (χ2n) is 2.07. The van der Waals surface area contributed by atoms with Gasteiger partial charge in [-0.15, -0.1) is 11.6 Å². The van der Waals surface area contributed by atoms with Gasteiger partial charge in [0, 0.05) is 11.8 Å². The van der Waals surface area contributed by atoms with Crippen LogP contribution in [-0.2, 0) is 4.79 Å². The standard InChI is InChI=1S/C6H11ClO2/c1-5(7)3-2-4-6(8)9/h5H,2-4H2,1H3,(H,8,9). The van der Waals surface area contributed by atoms with E-state index in [1.807, 2.05) is 6.92 Å². The molecular formula is C6H11ClO2. The summed E-state index contributed by atoms with van der Waals surface area (Å²) in [6, 6.07) is 0. The van der Waals surface area contributed by atoms with Crippen molar-refractivity contribution in [1.82, 2.24) is 0 Å². The van der Waals surface area contributed by atoms with E-state index in [0.717, 1.165) is 6.42 Å². The maximum absolute atomic E-state index is 9.94. The Morgan fingerprint density at radius 3 is 2.67 bits per heavy atom. The fourth-order valence-corrected chi connectivity index (χ4v) is 0.689. The Labute approximate surface area is 59.8 Å². The third-order valence-electron chi connectivity index (χ3n) is 0.993. The minimum atomic E-state index is -0.743. The molecule has 1 N–H and O–H groups in total. The predicted molar refractivity (Wildman–Crippen MR) is 36.8 cm³/mol. The number of rotatable bonds is 4. The summed E-state index contributed by atoms with van der Waals surface area (Å²) < 4.78 is 0. The molecule has 54 valence electrons. The lowest BCUT2D eigenvalue weighted by Crippen LogP contribution is -1.97. The van der Waals surface area contributed by atoms with Gasteiger partial charge in [0.25, 0.3) is 0 Å². The summed E-state index contributed by atoms with van der Waals surface area (Å²) in [4.78, 5) is 9.94. The summed E-state index contributed by atoms with van der Waals surface area (Å²) in [6.45, 7) is 1.86. The van der Waals surface area contributed by atoms with Gasteiger partial charge in [-0.05, 0) is 19.8 Å². The Morgan fingerprint density at radius 1 is 1.78 bits per heavy atom. The van der Waals surface area contributed by atoms with Crippen molar-refractivity contribution in [2.45, 2.75) is 31.6 Å². The molecule has 3 heteroatoms. The Bertz CT molecular complexity index is 91.1. The highest BCUT2D eigenvalue weighted by molar-refractivity contribution is 6.20. The molecule has 0 aromatic carbocycles. The van der Waals surface area contributed by atoms with Gasteiger partial charge in [-0.1, -0.05) is 0 Å². The van der Waals surface area contributed by atoms with Crippen LogP contribution in [0.3, 0.4) is 0 Å². The fourth-order valence-electron chi connectivity index (χ4n) is 0.535. The van der Waals surface area contributed by atoms with Crippen molar-refractivity contribution in [2.24, 2.45) is 0 Å². The van der Waals surface area contributed by atoms with Crippen LogP contribution in [0.5, 0.6) is 0 Å². The van der Waals surface area contributed by atoms with Crippen molar-refractivity contribution in [3.05, 3.63) is 0 Å². The molecule has 1 unspecified atom stereocenters. The first-order valence-electron chi connectivity index (χ1n) is 2.99. The van der Waals surface area contributed by atoms with Crippen molar-refractivity contribution < 1.29 is 9.90 Å². The normalized spacial score (nSPS) is 13.1. The van der Waals surface area contributed by atoms with Gasteiger partial charge in [0.1, 0.15) is 0 Å². The van der Waals surface area contributed by atoms with Gasteiger partial charge < -0.3 is 5.11 Å². The van der Waals surface area contributed by atoms with Gasteiger partial charge in [0.2, 0.25) is 0 Å². The maximum atomic E-state index is 9.94. The van der Waals surface area contributed by atoms with Crippen LogP contribution in [0.25, 0.3) is 0 Å². The molecular weight excluding hydrogens is 140 g/mol. The quantitative estimate of drug-likeness (QED) is 0.622. The molecule has 0 bridgehead atoms. The summed E-state index contributed by atoms with van der Waals surface area (Å²) in [5.41, 5.74) is 0. The van der Waals surface area contributed by atoms with E-state index in [1.54, 1.807) is 0 Å². The van der Waals surface area contributed by atoms with Crippen LogP contribution < -0.4 is 0 Å². The molecule has 2 nitrogen and oxygen atoms in total. The first kappa shape index (κ1) is 8.76. The monoisotopic (exact) mass is 150 g/mol. The summed E-state index contributed by atoms with van der Waals surface area (Å²) in [5, 5.41) is 8.28. The molecule has 0 heterocycles. The zero-order valence-electron chi connectivity index (χ0n) is 5.43. The Kier molecular flexibility index (Phi) is 4.50. The largest absolute Gasteiger partial charge is 0.481 e. The minimum absolute atomic E-state index is 0.101. The zero-order chi connectivity index (χ0) is 7.28. The molecule has 1 atom stereocenters. The number of hydrogen-bond donors (Lipinski definition) is 1. The molecule has 0 amide bonds. The molecule has 0 spiro atoms. The average molecular weight is 151 g/mol. The predicted octanol–water partition coefficient (Wildman–Crippen LogP) is 1.87. The third kappa shape index (κ3) is 7.76. The van der Waals surface area contributed by atoms with Crippen LogP contribution >= 0.6 is 11.6 Å². The third-order valence-corrected chi connectivity index (χ3v) is 1.21. The molecule has 0 aromatic rings. The number of carboxylic acid groups (broad SMARTS) is 1. The topological polar surface area (TPSA) is 37.3 Å². The number of aliphatic carboxylic acids is 1. The summed E-state index contributed by atoms with van der Waals surface area (Å²) in [5.74, 6) is -0.743. The molecule has 0 aliphatic rings. The zero-order valence-corrected chi connectivity index (χ0v) is 6.19. The molecule has 0 aliphatic heterocycles. The van der Waals surface area contributed by atoms with E-state index in [0.29, 0.717) is 6.42 Å². The molecule has 0 rings (SSSR count). The molecule has 0 aliphatic carbocycles. The Hall–Kier alpha value is -0.240. The highest BCUT2D eigenvalue weighted by Gasteiger charge is 1.99. The lowest BCUT2D eigenvalue weighted by molar-refractivity contribution is -0.137. The van der Waals surface area contributed by atoms with E-state index < -0.39 is 5.97 Å². The van der Waals surface area contributed by atoms with Crippen molar-refractivity contribution >= 4 is 17.6 Å². The second kappa shape index (κ2) is 4.62. The summed E-state index contributed by atoms with van der Waals surface area (Å²) in [7, 11) is 0. The SMILES string of the molecule is CC(Cl)CCCC(=O)O. The van der Waals surface area contributed by atoms with Crippen molar-refractivity contribution in [1.29, 1.82) is 0 Å². The summed E-state index contributed by atoms with van der Waals surface area (Å²) >= 11 is 5.57. The molecule has 9 heavy (non-hydrogen) atoms. The molecule has 0 radical (unpaired) electrons. The van der Waals surface area contributed by atoms with E-state index in [1.165, 1.54) is 0 Å². The lowest BCUT2D eigenvalue weighted by Gasteiger charge is -1.97. The molecule has 0 saturated heterocycles.